The van der Waals surface area contributed by atoms with Gasteiger partial charge < -0.3 is 0 Å². The summed E-state index contributed by atoms with van der Waals surface area (Å²) in [6.07, 6.45) is 7.72. The lowest BCUT2D eigenvalue weighted by molar-refractivity contribution is 0.101. The zero-order valence-electron chi connectivity index (χ0n) is 14.3. The highest BCUT2D eigenvalue weighted by molar-refractivity contribution is 6.33. The van der Waals surface area contributed by atoms with Gasteiger partial charge in [-0.1, -0.05) is 34.9 Å². The summed E-state index contributed by atoms with van der Waals surface area (Å²) in [5.74, 6) is 1.89. The first kappa shape index (κ1) is 18.1. The van der Waals surface area contributed by atoms with Gasteiger partial charge in [0.15, 0.2) is 5.78 Å². The van der Waals surface area contributed by atoms with Crippen molar-refractivity contribution in [2.45, 2.75) is 19.8 Å². The third-order valence-electron chi connectivity index (χ3n) is 4.24. The van der Waals surface area contributed by atoms with Crippen LogP contribution in [0.4, 0.5) is 10.1 Å². The van der Waals surface area contributed by atoms with Crippen molar-refractivity contribution >= 4 is 23.1 Å². The van der Waals surface area contributed by atoms with Gasteiger partial charge in [-0.2, -0.15) is 0 Å². The molecule has 132 valence electrons. The Kier molecular flexibility index (Phi) is 5.34. The average Bonchev–Trinajstić information content (AvgIpc) is 3.12. The lowest BCUT2D eigenvalue weighted by atomic mass is 9.93. The van der Waals surface area contributed by atoms with Crippen LogP contribution in [-0.2, 0) is 0 Å². The normalized spacial score (nSPS) is 14.0. The molecule has 4 nitrogen and oxygen atoms in total. The number of hydrogen-bond donors (Lipinski definition) is 0. The topological polar surface area (TPSA) is 45.0 Å². The van der Waals surface area contributed by atoms with Crippen molar-refractivity contribution in [3.05, 3.63) is 52.3 Å². The minimum absolute atomic E-state index is 0.215. The molecule has 26 heavy (non-hydrogen) atoms. The molecule has 0 aliphatic carbocycles. The predicted octanol–water partition coefficient (Wildman–Crippen LogP) is 5.42. The molecule has 0 N–H and O–H groups in total. The molecule has 1 heterocycles. The van der Waals surface area contributed by atoms with E-state index in [1.807, 2.05) is 5.01 Å². The summed E-state index contributed by atoms with van der Waals surface area (Å²) in [5, 5.41) is 10.7. The number of Topliss-reactive ketones (excluding diaryl/α,β-unsaturated/α-hetero) is 1. The van der Waals surface area contributed by atoms with E-state index in [0.717, 1.165) is 25.9 Å². The molecule has 1 saturated heterocycles. The standard InChI is InChI=1S/C20H17ClFN3O/c1-3-16-18(21)12-17(13(2)26)19(14-7-6-8-15(22)11-14)20(16)23-24-25-9-4-5-10-25/h1,6-8,11-12H,4-5,9-10H2,2H3. The van der Waals surface area contributed by atoms with Crippen LogP contribution in [0, 0.1) is 18.2 Å². The second-order valence-corrected chi connectivity index (χ2v) is 6.47. The number of hydrogen-bond acceptors (Lipinski definition) is 3. The molecule has 0 amide bonds. The summed E-state index contributed by atoms with van der Waals surface area (Å²) in [7, 11) is 0. The number of nitrogens with zero attached hydrogens (tertiary/aromatic N) is 3. The van der Waals surface area contributed by atoms with Crippen LogP contribution in [-0.4, -0.2) is 23.9 Å². The number of carbonyl (C=O) groups excluding carboxylic acids is 1. The van der Waals surface area contributed by atoms with Crippen LogP contribution in [0.15, 0.2) is 40.7 Å². The largest absolute Gasteiger partial charge is 0.294 e. The Hall–Kier alpha value is -2.71. The predicted molar refractivity (Wildman–Crippen MR) is 100 cm³/mol. The summed E-state index contributed by atoms with van der Waals surface area (Å²) < 4.78 is 13.8. The Morgan fingerprint density at radius 2 is 2.04 bits per heavy atom. The van der Waals surface area contributed by atoms with Crippen molar-refractivity contribution in [2.75, 3.05) is 13.1 Å². The zero-order chi connectivity index (χ0) is 18.7. The zero-order valence-corrected chi connectivity index (χ0v) is 15.1. The molecule has 3 rings (SSSR count). The fourth-order valence-corrected chi connectivity index (χ4v) is 3.24. The third-order valence-corrected chi connectivity index (χ3v) is 4.54. The monoisotopic (exact) mass is 369 g/mol. The van der Waals surface area contributed by atoms with Gasteiger partial charge in [0.1, 0.15) is 11.5 Å². The van der Waals surface area contributed by atoms with E-state index >= 15 is 0 Å². The molecule has 2 aromatic carbocycles. The number of benzene rings is 2. The maximum absolute atomic E-state index is 13.8. The highest BCUT2D eigenvalue weighted by Crippen LogP contribution is 2.41. The van der Waals surface area contributed by atoms with Crippen LogP contribution in [0.5, 0.6) is 0 Å². The number of rotatable bonds is 4. The summed E-state index contributed by atoms with van der Waals surface area (Å²) in [6, 6.07) is 7.45. The van der Waals surface area contributed by atoms with E-state index < -0.39 is 5.82 Å². The quantitative estimate of drug-likeness (QED) is 0.410. The molecule has 1 aliphatic heterocycles. The number of halogens is 2. The van der Waals surface area contributed by atoms with Crippen LogP contribution in [0.2, 0.25) is 5.02 Å². The van der Waals surface area contributed by atoms with Gasteiger partial charge >= 0.3 is 0 Å². The third kappa shape index (κ3) is 3.61. The molecule has 0 bridgehead atoms. The van der Waals surface area contributed by atoms with Crippen LogP contribution >= 0.6 is 11.6 Å². The highest BCUT2D eigenvalue weighted by Gasteiger charge is 2.21. The summed E-state index contributed by atoms with van der Waals surface area (Å²) in [6.45, 7) is 3.04. The molecule has 0 radical (unpaired) electrons. The summed E-state index contributed by atoms with van der Waals surface area (Å²) in [4.78, 5) is 12.2. The molecule has 0 aromatic heterocycles. The van der Waals surface area contributed by atoms with Gasteiger partial charge in [-0.05, 0) is 43.5 Å². The Bertz CT molecular complexity index is 927. The van der Waals surface area contributed by atoms with Crippen LogP contribution in [0.3, 0.4) is 0 Å². The van der Waals surface area contributed by atoms with Crippen molar-refractivity contribution in [1.82, 2.24) is 5.01 Å². The van der Waals surface area contributed by atoms with Crippen molar-refractivity contribution in [2.24, 2.45) is 10.3 Å². The smallest absolute Gasteiger partial charge is 0.160 e. The lowest BCUT2D eigenvalue weighted by Gasteiger charge is -2.15. The van der Waals surface area contributed by atoms with Crippen LogP contribution in [0.25, 0.3) is 11.1 Å². The lowest BCUT2D eigenvalue weighted by Crippen LogP contribution is -2.09. The molecule has 1 aliphatic rings. The molecule has 0 spiro atoms. The van der Waals surface area contributed by atoms with E-state index in [4.69, 9.17) is 18.0 Å². The van der Waals surface area contributed by atoms with E-state index in [1.165, 1.54) is 25.1 Å². The van der Waals surface area contributed by atoms with Crippen LogP contribution in [0.1, 0.15) is 35.7 Å². The molecular formula is C20H17ClFN3O. The summed E-state index contributed by atoms with van der Waals surface area (Å²) >= 11 is 6.28. The minimum atomic E-state index is -0.420. The molecule has 0 unspecified atom stereocenters. The molecule has 6 heteroatoms. The molecular weight excluding hydrogens is 353 g/mol. The maximum Gasteiger partial charge on any atom is 0.160 e. The van der Waals surface area contributed by atoms with E-state index in [2.05, 4.69) is 16.3 Å². The first-order valence-electron chi connectivity index (χ1n) is 8.28. The fraction of sp³-hybridized carbons (Fsp3) is 0.250. The van der Waals surface area contributed by atoms with E-state index in [-0.39, 0.29) is 10.8 Å². The number of ketones is 1. The van der Waals surface area contributed by atoms with E-state index in [0.29, 0.717) is 27.9 Å². The van der Waals surface area contributed by atoms with Crippen molar-refractivity contribution in [1.29, 1.82) is 0 Å². The second kappa shape index (κ2) is 7.67. The Morgan fingerprint density at radius 3 is 2.65 bits per heavy atom. The SMILES string of the molecule is C#Cc1c(Cl)cc(C(C)=O)c(-c2cccc(F)c2)c1N=NN1CCCC1. The Labute approximate surface area is 156 Å². The maximum atomic E-state index is 13.8. The molecule has 1 fully saturated rings. The van der Waals surface area contributed by atoms with Gasteiger partial charge in [-0.15, -0.1) is 11.5 Å². The number of carbonyl (C=O) groups is 1. The highest BCUT2D eigenvalue weighted by atomic mass is 35.5. The Morgan fingerprint density at radius 1 is 1.31 bits per heavy atom. The van der Waals surface area contributed by atoms with Crippen molar-refractivity contribution in [3.8, 4) is 23.5 Å². The summed E-state index contributed by atoms with van der Waals surface area (Å²) in [5.41, 5.74) is 1.91. The Balaban J connectivity index is 2.27. The van der Waals surface area contributed by atoms with E-state index in [9.17, 15) is 9.18 Å². The van der Waals surface area contributed by atoms with Crippen molar-refractivity contribution in [3.63, 3.8) is 0 Å². The van der Waals surface area contributed by atoms with Gasteiger partial charge in [0.05, 0.1) is 10.6 Å². The van der Waals surface area contributed by atoms with Crippen molar-refractivity contribution < 1.29 is 9.18 Å². The fourth-order valence-electron chi connectivity index (χ4n) is 2.99. The van der Waals surface area contributed by atoms with Crippen LogP contribution < -0.4 is 0 Å². The van der Waals surface area contributed by atoms with Gasteiger partial charge in [0, 0.05) is 24.2 Å². The van der Waals surface area contributed by atoms with E-state index in [1.54, 1.807) is 12.1 Å². The average molecular weight is 370 g/mol. The molecule has 0 saturated carbocycles. The first-order valence-corrected chi connectivity index (χ1v) is 8.65. The van der Waals surface area contributed by atoms with Gasteiger partial charge in [0.2, 0.25) is 0 Å². The minimum Gasteiger partial charge on any atom is -0.294 e. The van der Waals surface area contributed by atoms with Gasteiger partial charge in [0.25, 0.3) is 0 Å². The molecule has 2 aromatic rings. The van der Waals surface area contributed by atoms with Gasteiger partial charge in [-0.25, -0.2) is 4.39 Å². The first-order chi connectivity index (χ1) is 12.5. The van der Waals surface area contributed by atoms with Gasteiger partial charge in [-0.3, -0.25) is 9.80 Å². The second-order valence-electron chi connectivity index (χ2n) is 6.07. The number of terminal acetylenes is 1. The molecule has 0 atom stereocenters.